The van der Waals surface area contributed by atoms with Crippen LogP contribution in [0.1, 0.15) is 0 Å². The standard InChI is InChI=1S/C13H9ClN2O2S/c14-10-8-13-12(15-9-10)6-7-16(13)19(17,18)11-4-2-1-3-5-11/h1-9H. The second kappa shape index (κ2) is 4.36. The molecule has 0 spiro atoms. The van der Waals surface area contributed by atoms with E-state index in [0.29, 0.717) is 16.1 Å². The Kier molecular flexibility index (Phi) is 2.80. The van der Waals surface area contributed by atoms with E-state index in [2.05, 4.69) is 4.98 Å². The minimum absolute atomic E-state index is 0.229. The second-order valence-corrected chi connectivity index (χ2v) is 6.24. The van der Waals surface area contributed by atoms with E-state index in [9.17, 15) is 8.42 Å². The Morgan fingerprint density at radius 3 is 2.58 bits per heavy atom. The lowest BCUT2D eigenvalue weighted by atomic mass is 10.4. The van der Waals surface area contributed by atoms with E-state index in [1.807, 2.05) is 0 Å². The molecule has 0 atom stereocenters. The predicted molar refractivity (Wildman–Crippen MR) is 73.8 cm³/mol. The maximum Gasteiger partial charge on any atom is 0.268 e. The van der Waals surface area contributed by atoms with Crippen LogP contribution < -0.4 is 0 Å². The normalized spacial score (nSPS) is 11.8. The maximum absolute atomic E-state index is 12.5. The van der Waals surface area contributed by atoms with E-state index in [-0.39, 0.29) is 4.90 Å². The molecule has 3 rings (SSSR count). The molecule has 0 radical (unpaired) electrons. The Bertz CT molecular complexity index is 841. The van der Waals surface area contributed by atoms with Crippen LogP contribution in [0.15, 0.2) is 59.8 Å². The fraction of sp³-hybridized carbons (Fsp3) is 0. The third-order valence-electron chi connectivity index (χ3n) is 2.77. The summed E-state index contributed by atoms with van der Waals surface area (Å²) in [6, 6.07) is 11.5. The maximum atomic E-state index is 12.5. The van der Waals surface area contributed by atoms with Gasteiger partial charge in [-0.2, -0.15) is 0 Å². The summed E-state index contributed by atoms with van der Waals surface area (Å²) in [5.41, 5.74) is 1.06. The van der Waals surface area contributed by atoms with Gasteiger partial charge in [0.1, 0.15) is 0 Å². The Labute approximate surface area is 115 Å². The van der Waals surface area contributed by atoms with Crippen molar-refractivity contribution < 1.29 is 8.42 Å². The molecule has 2 heterocycles. The van der Waals surface area contributed by atoms with Gasteiger partial charge in [0.15, 0.2) is 0 Å². The number of fused-ring (bicyclic) bond motifs is 1. The summed E-state index contributed by atoms with van der Waals surface area (Å²) < 4.78 is 26.2. The van der Waals surface area contributed by atoms with Gasteiger partial charge in [0, 0.05) is 12.4 Å². The molecule has 0 bridgehead atoms. The highest BCUT2D eigenvalue weighted by Gasteiger charge is 2.18. The highest BCUT2D eigenvalue weighted by molar-refractivity contribution is 7.90. The molecule has 0 aliphatic heterocycles. The zero-order chi connectivity index (χ0) is 13.5. The van der Waals surface area contributed by atoms with E-state index in [1.54, 1.807) is 42.5 Å². The van der Waals surface area contributed by atoms with Crippen molar-refractivity contribution in [2.24, 2.45) is 0 Å². The highest BCUT2D eigenvalue weighted by atomic mass is 35.5. The zero-order valence-corrected chi connectivity index (χ0v) is 11.3. The van der Waals surface area contributed by atoms with Crippen molar-refractivity contribution in [1.29, 1.82) is 0 Å². The SMILES string of the molecule is O=S(=O)(c1ccccc1)n1ccc2ncc(Cl)cc21. The summed E-state index contributed by atoms with van der Waals surface area (Å²) in [5.74, 6) is 0. The Morgan fingerprint density at radius 2 is 1.84 bits per heavy atom. The van der Waals surface area contributed by atoms with E-state index in [4.69, 9.17) is 11.6 Å². The van der Waals surface area contributed by atoms with Gasteiger partial charge in [-0.15, -0.1) is 0 Å². The van der Waals surface area contributed by atoms with Crippen LogP contribution in [0.2, 0.25) is 5.02 Å². The summed E-state index contributed by atoms with van der Waals surface area (Å²) in [6.45, 7) is 0. The lowest BCUT2D eigenvalue weighted by Crippen LogP contribution is -2.11. The topological polar surface area (TPSA) is 52.0 Å². The summed E-state index contributed by atoms with van der Waals surface area (Å²) >= 11 is 5.87. The third-order valence-corrected chi connectivity index (χ3v) is 4.68. The first-order valence-electron chi connectivity index (χ1n) is 5.52. The second-order valence-electron chi connectivity index (χ2n) is 3.99. The Hall–Kier alpha value is -1.85. The number of hydrogen-bond acceptors (Lipinski definition) is 3. The molecule has 96 valence electrons. The van der Waals surface area contributed by atoms with Crippen LogP contribution in [0.5, 0.6) is 0 Å². The third kappa shape index (κ3) is 2.01. The van der Waals surface area contributed by atoms with Crippen LogP contribution in [0, 0.1) is 0 Å². The quantitative estimate of drug-likeness (QED) is 0.730. The molecule has 1 aromatic carbocycles. The average molecular weight is 293 g/mol. The van der Waals surface area contributed by atoms with Crippen LogP contribution in [0.3, 0.4) is 0 Å². The van der Waals surface area contributed by atoms with E-state index in [1.165, 1.54) is 16.4 Å². The van der Waals surface area contributed by atoms with Gasteiger partial charge in [-0.25, -0.2) is 12.4 Å². The van der Waals surface area contributed by atoms with Crippen molar-refractivity contribution in [3.63, 3.8) is 0 Å². The summed E-state index contributed by atoms with van der Waals surface area (Å²) in [5, 5.41) is 0.399. The summed E-state index contributed by atoms with van der Waals surface area (Å²) in [6.07, 6.45) is 2.97. The van der Waals surface area contributed by atoms with E-state index >= 15 is 0 Å². The van der Waals surface area contributed by atoms with Gasteiger partial charge in [-0.1, -0.05) is 29.8 Å². The summed E-state index contributed by atoms with van der Waals surface area (Å²) in [4.78, 5) is 4.32. The molecule has 0 saturated carbocycles. The number of benzene rings is 1. The van der Waals surface area contributed by atoms with Crippen LogP contribution in [0.25, 0.3) is 11.0 Å². The molecule has 4 nitrogen and oxygen atoms in total. The molecule has 0 unspecified atom stereocenters. The minimum Gasteiger partial charge on any atom is -0.253 e. The average Bonchev–Trinajstić information content (AvgIpc) is 2.83. The van der Waals surface area contributed by atoms with Crippen molar-refractivity contribution in [1.82, 2.24) is 8.96 Å². The molecule has 0 aliphatic rings. The fourth-order valence-corrected chi connectivity index (χ4v) is 3.38. The Balaban J connectivity index is 2.28. The summed E-state index contributed by atoms with van der Waals surface area (Å²) in [7, 11) is -3.62. The first kappa shape index (κ1) is 12.2. The largest absolute Gasteiger partial charge is 0.268 e. The van der Waals surface area contributed by atoms with Gasteiger partial charge < -0.3 is 0 Å². The lowest BCUT2D eigenvalue weighted by Gasteiger charge is -2.07. The predicted octanol–water partition coefficient (Wildman–Crippen LogP) is 2.93. The molecule has 0 N–H and O–H groups in total. The minimum atomic E-state index is -3.62. The first-order valence-corrected chi connectivity index (χ1v) is 7.34. The van der Waals surface area contributed by atoms with E-state index in [0.717, 1.165) is 0 Å². The molecule has 3 aromatic rings. The molecule has 2 aromatic heterocycles. The van der Waals surface area contributed by atoms with Crippen molar-refractivity contribution in [3.8, 4) is 0 Å². The van der Waals surface area contributed by atoms with E-state index < -0.39 is 10.0 Å². The lowest BCUT2D eigenvalue weighted by molar-refractivity contribution is 0.589. The van der Waals surface area contributed by atoms with Crippen molar-refractivity contribution in [2.45, 2.75) is 4.90 Å². The first-order chi connectivity index (χ1) is 9.09. The smallest absolute Gasteiger partial charge is 0.253 e. The molecule has 0 fully saturated rings. The zero-order valence-electron chi connectivity index (χ0n) is 9.69. The molecular weight excluding hydrogens is 284 g/mol. The number of hydrogen-bond donors (Lipinski definition) is 0. The van der Waals surface area contributed by atoms with Crippen molar-refractivity contribution in [3.05, 3.63) is 59.9 Å². The van der Waals surface area contributed by atoms with Gasteiger partial charge in [0.05, 0.1) is 21.0 Å². The van der Waals surface area contributed by atoms with Crippen LogP contribution in [-0.4, -0.2) is 17.4 Å². The van der Waals surface area contributed by atoms with Gasteiger partial charge in [0.2, 0.25) is 0 Å². The molecule has 6 heteroatoms. The number of pyridine rings is 1. The number of aromatic nitrogens is 2. The molecule has 0 amide bonds. The van der Waals surface area contributed by atoms with Crippen LogP contribution in [0.4, 0.5) is 0 Å². The van der Waals surface area contributed by atoms with Crippen LogP contribution in [-0.2, 0) is 10.0 Å². The molecular formula is C13H9ClN2O2S. The Morgan fingerprint density at radius 1 is 1.11 bits per heavy atom. The highest BCUT2D eigenvalue weighted by Crippen LogP contribution is 2.22. The number of rotatable bonds is 2. The molecule has 0 saturated heterocycles. The van der Waals surface area contributed by atoms with Gasteiger partial charge in [0.25, 0.3) is 10.0 Å². The van der Waals surface area contributed by atoms with Crippen molar-refractivity contribution >= 4 is 32.7 Å². The van der Waals surface area contributed by atoms with Gasteiger partial charge >= 0.3 is 0 Å². The molecule has 19 heavy (non-hydrogen) atoms. The number of halogens is 1. The van der Waals surface area contributed by atoms with Gasteiger partial charge in [-0.05, 0) is 24.3 Å². The molecule has 0 aliphatic carbocycles. The fourth-order valence-electron chi connectivity index (χ4n) is 1.88. The monoisotopic (exact) mass is 292 g/mol. The van der Waals surface area contributed by atoms with Gasteiger partial charge in [-0.3, -0.25) is 4.98 Å². The number of nitrogens with zero attached hydrogens (tertiary/aromatic N) is 2. The van der Waals surface area contributed by atoms with Crippen LogP contribution >= 0.6 is 11.6 Å². The van der Waals surface area contributed by atoms with Crippen molar-refractivity contribution in [2.75, 3.05) is 0 Å².